The number of hydrogen-bond acceptors (Lipinski definition) is 6. The van der Waals surface area contributed by atoms with Gasteiger partial charge in [-0.2, -0.15) is 0 Å². The minimum atomic E-state index is -1.70. The SMILES string of the molecule is O[C@H](COCc1ccccc1)[C@@H](OCc1ccccc1)C1(O)CC=NO1. The van der Waals surface area contributed by atoms with Crippen LogP contribution in [-0.2, 0) is 27.5 Å². The molecule has 3 atom stereocenters. The maximum atomic E-state index is 10.6. The maximum Gasteiger partial charge on any atom is 0.268 e. The van der Waals surface area contributed by atoms with Gasteiger partial charge >= 0.3 is 0 Å². The van der Waals surface area contributed by atoms with Gasteiger partial charge in [0.15, 0.2) is 6.10 Å². The van der Waals surface area contributed by atoms with Gasteiger partial charge in [-0.25, -0.2) is 0 Å². The topological polar surface area (TPSA) is 80.5 Å². The Kier molecular flexibility index (Phi) is 6.35. The number of benzene rings is 2. The zero-order chi connectivity index (χ0) is 18.2. The number of ether oxygens (including phenoxy) is 2. The first kappa shape index (κ1) is 18.5. The van der Waals surface area contributed by atoms with Crippen LogP contribution in [0.2, 0.25) is 0 Å². The van der Waals surface area contributed by atoms with Gasteiger partial charge in [0, 0.05) is 0 Å². The average molecular weight is 357 g/mol. The number of aliphatic hydroxyl groups is 2. The maximum absolute atomic E-state index is 10.6. The molecule has 1 aliphatic rings. The van der Waals surface area contributed by atoms with Gasteiger partial charge in [0.1, 0.15) is 6.10 Å². The van der Waals surface area contributed by atoms with E-state index < -0.39 is 18.0 Å². The first-order chi connectivity index (χ1) is 12.7. The highest BCUT2D eigenvalue weighted by molar-refractivity contribution is 5.59. The van der Waals surface area contributed by atoms with Gasteiger partial charge in [0.05, 0.1) is 32.5 Å². The van der Waals surface area contributed by atoms with Crippen molar-refractivity contribution in [3.8, 4) is 0 Å². The second kappa shape index (κ2) is 8.91. The van der Waals surface area contributed by atoms with Crippen molar-refractivity contribution in [3.05, 3.63) is 71.8 Å². The minimum absolute atomic E-state index is 0.0000205. The van der Waals surface area contributed by atoms with Gasteiger partial charge in [0.25, 0.3) is 5.79 Å². The highest BCUT2D eigenvalue weighted by Crippen LogP contribution is 2.27. The quantitative estimate of drug-likeness (QED) is 0.719. The molecule has 2 aromatic carbocycles. The van der Waals surface area contributed by atoms with Crippen LogP contribution in [0.25, 0.3) is 0 Å². The van der Waals surface area contributed by atoms with E-state index in [1.165, 1.54) is 6.21 Å². The molecule has 6 heteroatoms. The van der Waals surface area contributed by atoms with E-state index in [0.717, 1.165) is 11.1 Å². The average Bonchev–Trinajstić information content (AvgIpc) is 3.11. The van der Waals surface area contributed by atoms with Crippen molar-refractivity contribution in [1.29, 1.82) is 0 Å². The lowest BCUT2D eigenvalue weighted by Gasteiger charge is -2.33. The van der Waals surface area contributed by atoms with Crippen LogP contribution in [0.15, 0.2) is 65.8 Å². The van der Waals surface area contributed by atoms with Gasteiger partial charge in [-0.15, -0.1) is 0 Å². The summed E-state index contributed by atoms with van der Waals surface area (Å²) < 4.78 is 11.4. The standard InChI is InChI=1S/C20H23NO5/c22-18(15-24-13-16-7-3-1-4-8-16)19(20(23)11-12-21-26-20)25-14-17-9-5-2-6-10-17/h1-10,12,18-19,22-23H,11,13-15H2/t18-,19-,20?/m1/s1. The molecule has 1 aliphatic heterocycles. The molecule has 0 saturated heterocycles. The number of oxime groups is 1. The second-order valence-electron chi connectivity index (χ2n) is 6.21. The van der Waals surface area contributed by atoms with Crippen molar-refractivity contribution in [2.24, 2.45) is 5.16 Å². The molecule has 0 aromatic heterocycles. The summed E-state index contributed by atoms with van der Waals surface area (Å²) in [5.41, 5.74) is 1.93. The van der Waals surface area contributed by atoms with E-state index in [4.69, 9.17) is 14.3 Å². The highest BCUT2D eigenvalue weighted by atomic mass is 16.8. The smallest absolute Gasteiger partial charge is 0.268 e. The zero-order valence-corrected chi connectivity index (χ0v) is 14.4. The Balaban J connectivity index is 1.58. The fraction of sp³-hybridized carbons (Fsp3) is 0.350. The number of aliphatic hydroxyl groups excluding tert-OH is 1. The van der Waals surface area contributed by atoms with Crippen LogP contribution in [0.4, 0.5) is 0 Å². The fourth-order valence-electron chi connectivity index (χ4n) is 2.76. The fourth-order valence-corrected chi connectivity index (χ4v) is 2.76. The van der Waals surface area contributed by atoms with E-state index in [1.54, 1.807) is 0 Å². The molecule has 0 saturated carbocycles. The summed E-state index contributed by atoms with van der Waals surface area (Å²) in [7, 11) is 0. The molecular weight excluding hydrogens is 334 g/mol. The molecule has 2 aromatic rings. The van der Waals surface area contributed by atoms with Crippen molar-refractivity contribution >= 4 is 6.21 Å². The Morgan fingerprint density at radius 3 is 2.19 bits per heavy atom. The van der Waals surface area contributed by atoms with E-state index >= 15 is 0 Å². The van der Waals surface area contributed by atoms with E-state index in [9.17, 15) is 10.2 Å². The van der Waals surface area contributed by atoms with Crippen molar-refractivity contribution in [2.45, 2.75) is 37.6 Å². The third-order valence-electron chi connectivity index (χ3n) is 4.14. The van der Waals surface area contributed by atoms with Crippen LogP contribution in [-0.4, -0.2) is 41.0 Å². The Labute approximate surface area is 152 Å². The Morgan fingerprint density at radius 2 is 1.62 bits per heavy atom. The molecular formula is C20H23NO5. The lowest BCUT2D eigenvalue weighted by molar-refractivity contribution is -0.279. The summed E-state index contributed by atoms with van der Waals surface area (Å²) in [5, 5.41) is 24.8. The molecule has 1 heterocycles. The Bertz CT molecular complexity index is 684. The summed E-state index contributed by atoms with van der Waals surface area (Å²) in [4.78, 5) is 5.06. The van der Waals surface area contributed by atoms with Gasteiger partial charge in [-0.3, -0.25) is 0 Å². The number of rotatable bonds is 9. The molecule has 0 fully saturated rings. The molecule has 138 valence electrons. The lowest BCUT2D eigenvalue weighted by atomic mass is 10.0. The van der Waals surface area contributed by atoms with Crippen LogP contribution >= 0.6 is 0 Å². The van der Waals surface area contributed by atoms with Crippen molar-refractivity contribution in [2.75, 3.05) is 6.61 Å². The molecule has 0 spiro atoms. The molecule has 3 rings (SSSR count). The van der Waals surface area contributed by atoms with E-state index in [-0.39, 0.29) is 19.6 Å². The number of nitrogens with zero attached hydrogens (tertiary/aromatic N) is 1. The molecule has 2 N–H and O–H groups in total. The van der Waals surface area contributed by atoms with Crippen LogP contribution in [0.5, 0.6) is 0 Å². The first-order valence-electron chi connectivity index (χ1n) is 8.55. The molecule has 26 heavy (non-hydrogen) atoms. The van der Waals surface area contributed by atoms with E-state index in [2.05, 4.69) is 5.16 Å². The number of hydrogen-bond donors (Lipinski definition) is 2. The second-order valence-corrected chi connectivity index (χ2v) is 6.21. The summed E-state index contributed by atoms with van der Waals surface area (Å²) in [6.07, 6.45) is -0.478. The largest absolute Gasteiger partial charge is 0.388 e. The molecule has 1 unspecified atom stereocenters. The predicted molar refractivity (Wildman–Crippen MR) is 96.3 cm³/mol. The van der Waals surface area contributed by atoms with E-state index in [1.807, 2.05) is 60.7 Å². The zero-order valence-electron chi connectivity index (χ0n) is 14.4. The van der Waals surface area contributed by atoms with Crippen LogP contribution < -0.4 is 0 Å². The van der Waals surface area contributed by atoms with Gasteiger partial charge in [0.2, 0.25) is 0 Å². The van der Waals surface area contributed by atoms with Crippen molar-refractivity contribution in [1.82, 2.24) is 0 Å². The Morgan fingerprint density at radius 1 is 1.00 bits per heavy atom. The van der Waals surface area contributed by atoms with E-state index in [0.29, 0.717) is 6.61 Å². The van der Waals surface area contributed by atoms with Gasteiger partial charge in [-0.05, 0) is 11.1 Å². The predicted octanol–water partition coefficient (Wildman–Crippen LogP) is 2.24. The monoisotopic (exact) mass is 357 g/mol. The molecule has 0 bridgehead atoms. The lowest BCUT2D eigenvalue weighted by Crippen LogP contribution is -2.52. The molecule has 0 aliphatic carbocycles. The molecule has 6 nitrogen and oxygen atoms in total. The minimum Gasteiger partial charge on any atom is -0.388 e. The van der Waals surface area contributed by atoms with Crippen LogP contribution in [0.3, 0.4) is 0 Å². The van der Waals surface area contributed by atoms with Crippen molar-refractivity contribution < 1.29 is 24.5 Å². The third-order valence-corrected chi connectivity index (χ3v) is 4.14. The van der Waals surface area contributed by atoms with Gasteiger partial charge in [-0.1, -0.05) is 65.8 Å². The van der Waals surface area contributed by atoms with Crippen LogP contribution in [0.1, 0.15) is 17.5 Å². The normalized spacial score (nSPS) is 21.3. The van der Waals surface area contributed by atoms with Crippen LogP contribution in [0, 0.1) is 0 Å². The molecule has 0 radical (unpaired) electrons. The summed E-state index contributed by atoms with van der Waals surface area (Å²) in [5.74, 6) is -1.70. The third kappa shape index (κ3) is 4.89. The Hall–Kier alpha value is -2.25. The van der Waals surface area contributed by atoms with Gasteiger partial charge < -0.3 is 24.5 Å². The first-order valence-corrected chi connectivity index (χ1v) is 8.55. The summed E-state index contributed by atoms with van der Waals surface area (Å²) in [6, 6.07) is 19.2. The highest BCUT2D eigenvalue weighted by Gasteiger charge is 2.46. The van der Waals surface area contributed by atoms with Crippen molar-refractivity contribution in [3.63, 3.8) is 0 Å². The summed E-state index contributed by atoms with van der Waals surface area (Å²) >= 11 is 0. The summed E-state index contributed by atoms with van der Waals surface area (Å²) in [6.45, 7) is 0.589. The molecule has 0 amide bonds.